The van der Waals surface area contributed by atoms with Crippen molar-refractivity contribution in [1.29, 1.82) is 0 Å². The van der Waals surface area contributed by atoms with Crippen LogP contribution in [0.5, 0.6) is 0 Å². The van der Waals surface area contributed by atoms with Gasteiger partial charge in [0, 0.05) is 18.2 Å². The largest absolute Gasteiger partial charge is 0.481 e. The first-order chi connectivity index (χ1) is 9.97. The molecular weight excluding hydrogens is 288 g/mol. The van der Waals surface area contributed by atoms with Gasteiger partial charge in [-0.3, -0.25) is 9.59 Å². The quantitative estimate of drug-likeness (QED) is 0.604. The molecule has 0 aromatic rings. The SMILES string of the molecule is CC(C)CC(CNC(=O)CSC1CCNCC1)CC(=O)O. The van der Waals surface area contributed by atoms with E-state index in [2.05, 4.69) is 24.5 Å². The van der Waals surface area contributed by atoms with Crippen molar-refractivity contribution in [2.24, 2.45) is 11.8 Å². The minimum Gasteiger partial charge on any atom is -0.481 e. The number of aliphatic carboxylic acids is 1. The average molecular weight is 316 g/mol. The lowest BCUT2D eigenvalue weighted by atomic mass is 9.94. The van der Waals surface area contributed by atoms with Gasteiger partial charge in [0.1, 0.15) is 0 Å². The summed E-state index contributed by atoms with van der Waals surface area (Å²) in [6.45, 7) is 6.69. The van der Waals surface area contributed by atoms with Crippen molar-refractivity contribution in [1.82, 2.24) is 10.6 Å². The molecule has 1 atom stereocenters. The summed E-state index contributed by atoms with van der Waals surface area (Å²) in [5, 5.41) is 15.7. The Labute approximate surface area is 131 Å². The first kappa shape index (κ1) is 18.3. The summed E-state index contributed by atoms with van der Waals surface area (Å²) in [6.07, 6.45) is 3.19. The molecule has 3 N–H and O–H groups in total. The molecule has 0 spiro atoms. The molecule has 122 valence electrons. The van der Waals surface area contributed by atoms with Gasteiger partial charge in [-0.15, -0.1) is 11.8 Å². The molecular formula is C15H28N2O3S. The minimum absolute atomic E-state index is 0.0235. The third kappa shape index (κ3) is 8.98. The fourth-order valence-corrected chi connectivity index (χ4v) is 3.68. The smallest absolute Gasteiger partial charge is 0.303 e. The zero-order valence-corrected chi connectivity index (χ0v) is 13.9. The summed E-state index contributed by atoms with van der Waals surface area (Å²) in [7, 11) is 0. The van der Waals surface area contributed by atoms with E-state index in [9.17, 15) is 9.59 Å². The number of thioether (sulfide) groups is 1. The molecule has 1 fully saturated rings. The van der Waals surface area contributed by atoms with Crippen molar-refractivity contribution < 1.29 is 14.7 Å². The van der Waals surface area contributed by atoms with Gasteiger partial charge >= 0.3 is 5.97 Å². The maximum Gasteiger partial charge on any atom is 0.303 e. The number of carbonyl (C=O) groups is 2. The molecule has 0 aliphatic carbocycles. The Kier molecular flexibility index (Phi) is 8.76. The fourth-order valence-electron chi connectivity index (χ4n) is 2.62. The molecule has 1 heterocycles. The monoisotopic (exact) mass is 316 g/mol. The van der Waals surface area contributed by atoms with Crippen LogP contribution in [0.1, 0.15) is 39.5 Å². The highest BCUT2D eigenvalue weighted by Crippen LogP contribution is 2.20. The number of carboxylic acids is 1. The number of rotatable bonds is 9. The normalized spacial score (nSPS) is 17.7. The number of amides is 1. The topological polar surface area (TPSA) is 78.4 Å². The fraction of sp³-hybridized carbons (Fsp3) is 0.867. The van der Waals surface area contributed by atoms with Crippen molar-refractivity contribution in [2.45, 2.75) is 44.8 Å². The van der Waals surface area contributed by atoms with Gasteiger partial charge in [-0.1, -0.05) is 13.8 Å². The molecule has 0 bridgehead atoms. The van der Waals surface area contributed by atoms with Gasteiger partial charge in [0.25, 0.3) is 0 Å². The number of nitrogens with one attached hydrogen (secondary N) is 2. The lowest BCUT2D eigenvalue weighted by Gasteiger charge is -2.22. The average Bonchev–Trinajstić information content (AvgIpc) is 2.42. The Morgan fingerprint density at radius 1 is 1.33 bits per heavy atom. The molecule has 5 nitrogen and oxygen atoms in total. The van der Waals surface area contributed by atoms with E-state index in [1.807, 2.05) is 0 Å². The highest BCUT2D eigenvalue weighted by molar-refractivity contribution is 8.00. The van der Waals surface area contributed by atoms with Crippen LogP contribution >= 0.6 is 11.8 Å². The van der Waals surface area contributed by atoms with Crippen LogP contribution in [0, 0.1) is 11.8 Å². The summed E-state index contributed by atoms with van der Waals surface area (Å²) in [4.78, 5) is 22.7. The van der Waals surface area contributed by atoms with Gasteiger partial charge in [-0.05, 0) is 44.2 Å². The molecule has 21 heavy (non-hydrogen) atoms. The molecule has 1 saturated heterocycles. The summed E-state index contributed by atoms with van der Waals surface area (Å²) < 4.78 is 0. The second kappa shape index (κ2) is 10.1. The van der Waals surface area contributed by atoms with E-state index in [0.29, 0.717) is 23.5 Å². The van der Waals surface area contributed by atoms with Gasteiger partial charge in [-0.2, -0.15) is 0 Å². The zero-order chi connectivity index (χ0) is 15.7. The molecule has 0 saturated carbocycles. The molecule has 1 aliphatic rings. The molecule has 1 unspecified atom stereocenters. The van der Waals surface area contributed by atoms with Crippen LogP contribution < -0.4 is 10.6 Å². The van der Waals surface area contributed by atoms with Crippen molar-refractivity contribution >= 4 is 23.6 Å². The summed E-state index contributed by atoms with van der Waals surface area (Å²) in [5.41, 5.74) is 0. The van der Waals surface area contributed by atoms with Crippen molar-refractivity contribution in [3.63, 3.8) is 0 Å². The Hall–Kier alpha value is -0.750. The molecule has 1 amide bonds. The van der Waals surface area contributed by atoms with E-state index >= 15 is 0 Å². The Balaban J connectivity index is 2.23. The van der Waals surface area contributed by atoms with Gasteiger partial charge in [-0.25, -0.2) is 0 Å². The lowest BCUT2D eigenvalue weighted by molar-refractivity contribution is -0.138. The van der Waals surface area contributed by atoms with E-state index < -0.39 is 5.97 Å². The zero-order valence-electron chi connectivity index (χ0n) is 13.1. The van der Waals surface area contributed by atoms with Crippen molar-refractivity contribution in [3.8, 4) is 0 Å². The van der Waals surface area contributed by atoms with Crippen LogP contribution in [0.2, 0.25) is 0 Å². The first-order valence-electron chi connectivity index (χ1n) is 7.78. The van der Waals surface area contributed by atoms with E-state index in [1.54, 1.807) is 11.8 Å². The van der Waals surface area contributed by atoms with E-state index in [0.717, 1.165) is 32.4 Å². The van der Waals surface area contributed by atoms with Gasteiger partial charge in [0.2, 0.25) is 5.91 Å². The molecule has 0 aromatic carbocycles. The maximum absolute atomic E-state index is 11.9. The van der Waals surface area contributed by atoms with Gasteiger partial charge in [0.05, 0.1) is 5.75 Å². The molecule has 1 rings (SSSR count). The molecule has 0 radical (unpaired) electrons. The second-order valence-corrected chi connectivity index (χ2v) is 7.45. The third-order valence-corrected chi connectivity index (χ3v) is 4.96. The number of piperidine rings is 1. The number of hydrogen-bond donors (Lipinski definition) is 3. The Bertz CT molecular complexity index is 331. The lowest BCUT2D eigenvalue weighted by Crippen LogP contribution is -2.34. The highest BCUT2D eigenvalue weighted by atomic mass is 32.2. The maximum atomic E-state index is 11.9. The summed E-state index contributed by atoms with van der Waals surface area (Å²) >= 11 is 1.72. The Morgan fingerprint density at radius 3 is 2.57 bits per heavy atom. The predicted octanol–water partition coefficient (Wildman–Crippen LogP) is 1.72. The number of carbonyl (C=O) groups excluding carboxylic acids is 1. The summed E-state index contributed by atoms with van der Waals surface area (Å²) in [6, 6.07) is 0. The molecule has 6 heteroatoms. The molecule has 0 aromatic heterocycles. The van der Waals surface area contributed by atoms with Crippen LogP contribution in [0.3, 0.4) is 0 Å². The number of carboxylic acid groups (broad SMARTS) is 1. The first-order valence-corrected chi connectivity index (χ1v) is 8.83. The third-order valence-electron chi connectivity index (χ3n) is 3.59. The van der Waals surface area contributed by atoms with Crippen molar-refractivity contribution in [3.05, 3.63) is 0 Å². The van der Waals surface area contributed by atoms with Crippen LogP contribution in [0.25, 0.3) is 0 Å². The second-order valence-electron chi connectivity index (χ2n) is 6.16. The van der Waals surface area contributed by atoms with Crippen molar-refractivity contribution in [2.75, 3.05) is 25.4 Å². The van der Waals surface area contributed by atoms with Crippen LogP contribution in [0.4, 0.5) is 0 Å². The Morgan fingerprint density at radius 2 is 2.00 bits per heavy atom. The van der Waals surface area contributed by atoms with Gasteiger partial charge in [0.15, 0.2) is 0 Å². The van der Waals surface area contributed by atoms with Crippen LogP contribution in [0.15, 0.2) is 0 Å². The van der Waals surface area contributed by atoms with E-state index in [1.165, 1.54) is 0 Å². The highest BCUT2D eigenvalue weighted by Gasteiger charge is 2.18. The van der Waals surface area contributed by atoms with Crippen LogP contribution in [-0.4, -0.2) is 47.6 Å². The van der Waals surface area contributed by atoms with Gasteiger partial charge < -0.3 is 15.7 Å². The minimum atomic E-state index is -0.793. The van der Waals surface area contributed by atoms with E-state index in [4.69, 9.17) is 5.11 Å². The number of hydrogen-bond acceptors (Lipinski definition) is 4. The predicted molar refractivity (Wildman–Crippen MR) is 86.6 cm³/mol. The summed E-state index contributed by atoms with van der Waals surface area (Å²) in [5.74, 6) is 0.175. The van der Waals surface area contributed by atoms with E-state index in [-0.39, 0.29) is 18.2 Å². The molecule has 1 aliphatic heterocycles. The van der Waals surface area contributed by atoms with Crippen LogP contribution in [-0.2, 0) is 9.59 Å². The standard InChI is InChI=1S/C15H28N2O3S/c1-11(2)7-12(8-15(19)20)9-17-14(18)10-21-13-3-5-16-6-4-13/h11-13,16H,3-10H2,1-2H3,(H,17,18)(H,19,20).